The number of hydrogen-bond donors (Lipinski definition) is 2. The van der Waals surface area contributed by atoms with E-state index in [9.17, 15) is 4.79 Å². The molecule has 0 saturated heterocycles. The number of nitrogens with zero attached hydrogens (tertiary/aromatic N) is 4. The van der Waals surface area contributed by atoms with E-state index in [0.29, 0.717) is 17.4 Å². The van der Waals surface area contributed by atoms with Gasteiger partial charge in [-0.25, -0.2) is 4.98 Å². The number of anilines is 1. The second-order valence-electron chi connectivity index (χ2n) is 5.94. The van der Waals surface area contributed by atoms with Crippen molar-refractivity contribution in [2.24, 2.45) is 11.7 Å². The molecule has 1 aliphatic rings. The zero-order valence-corrected chi connectivity index (χ0v) is 13.6. The fourth-order valence-electron chi connectivity index (χ4n) is 2.65. The number of primary amides is 1. The van der Waals surface area contributed by atoms with Crippen molar-refractivity contribution >= 4 is 22.6 Å². The Hall–Kier alpha value is -1.96. The lowest BCUT2D eigenvalue weighted by Gasteiger charge is -2.23. The maximum Gasteiger partial charge on any atom is 0.252 e. The number of carbonyl (C=O) groups is 1. The van der Waals surface area contributed by atoms with E-state index in [-0.39, 0.29) is 0 Å². The molecule has 1 atom stereocenters. The highest BCUT2D eigenvalue weighted by molar-refractivity contribution is 7.09. The second kappa shape index (κ2) is 6.04. The van der Waals surface area contributed by atoms with Gasteiger partial charge in [-0.05, 0) is 18.8 Å². The zero-order chi connectivity index (χ0) is 15.7. The summed E-state index contributed by atoms with van der Waals surface area (Å²) in [4.78, 5) is 15.9. The number of aromatic nitrogens is 4. The highest BCUT2D eigenvalue weighted by Crippen LogP contribution is 2.24. The van der Waals surface area contributed by atoms with Crippen LogP contribution >= 0.6 is 11.5 Å². The van der Waals surface area contributed by atoms with Crippen LogP contribution in [0.3, 0.4) is 0 Å². The molecule has 118 valence electrons. The minimum atomic E-state index is -0.402. The summed E-state index contributed by atoms with van der Waals surface area (Å²) in [5.41, 5.74) is 6.89. The van der Waals surface area contributed by atoms with E-state index in [1.165, 1.54) is 11.5 Å². The second-order valence-corrected chi connectivity index (χ2v) is 6.70. The largest absolute Gasteiger partial charge is 0.365 e. The van der Waals surface area contributed by atoms with E-state index in [0.717, 1.165) is 42.6 Å². The van der Waals surface area contributed by atoms with E-state index in [1.54, 1.807) is 6.20 Å². The summed E-state index contributed by atoms with van der Waals surface area (Å²) in [6, 6.07) is 0. The normalized spacial score (nSPS) is 17.5. The predicted octanol–water partition coefficient (Wildman–Crippen LogP) is 1.63. The maximum atomic E-state index is 11.4. The summed E-state index contributed by atoms with van der Waals surface area (Å²) < 4.78 is 6.22. The van der Waals surface area contributed by atoms with Crippen LogP contribution in [0.5, 0.6) is 0 Å². The van der Waals surface area contributed by atoms with Crippen LogP contribution < -0.4 is 11.1 Å². The van der Waals surface area contributed by atoms with Crippen LogP contribution in [0.4, 0.5) is 5.13 Å². The summed E-state index contributed by atoms with van der Waals surface area (Å²) in [6.07, 6.45) is 3.41. The van der Waals surface area contributed by atoms with Crippen molar-refractivity contribution in [1.82, 2.24) is 19.1 Å². The number of carbonyl (C=O) groups excluding carboxylic acids is 1. The van der Waals surface area contributed by atoms with Crippen molar-refractivity contribution < 1.29 is 4.79 Å². The molecule has 0 spiro atoms. The first-order valence-corrected chi connectivity index (χ1v) is 8.24. The Labute approximate surface area is 133 Å². The van der Waals surface area contributed by atoms with Crippen LogP contribution in [0.25, 0.3) is 0 Å². The lowest BCUT2D eigenvalue weighted by molar-refractivity contribution is 0.0998. The quantitative estimate of drug-likeness (QED) is 0.872. The van der Waals surface area contributed by atoms with Crippen LogP contribution in [-0.2, 0) is 13.0 Å². The van der Waals surface area contributed by atoms with E-state index in [1.807, 2.05) is 4.68 Å². The van der Waals surface area contributed by atoms with Gasteiger partial charge in [0.15, 0.2) is 0 Å². The Morgan fingerprint density at radius 3 is 3.09 bits per heavy atom. The molecule has 0 fully saturated rings. The minimum absolute atomic E-state index is 0.342. The van der Waals surface area contributed by atoms with Gasteiger partial charge >= 0.3 is 0 Å². The topological polar surface area (TPSA) is 98.7 Å². The maximum absolute atomic E-state index is 11.4. The average molecular weight is 320 g/mol. The fourth-order valence-corrected chi connectivity index (χ4v) is 3.37. The van der Waals surface area contributed by atoms with Crippen molar-refractivity contribution in [2.45, 2.75) is 39.2 Å². The summed E-state index contributed by atoms with van der Waals surface area (Å²) in [5, 5.41) is 8.45. The zero-order valence-electron chi connectivity index (χ0n) is 12.7. The van der Waals surface area contributed by atoms with Gasteiger partial charge in [0.25, 0.3) is 5.91 Å². The number of nitrogens with two attached hydrogens (primary N) is 1. The molecule has 2 aromatic rings. The molecule has 8 heteroatoms. The lowest BCUT2D eigenvalue weighted by atomic mass is 9.94. The van der Waals surface area contributed by atoms with Crippen molar-refractivity contribution in [3.8, 4) is 0 Å². The molecule has 0 saturated carbocycles. The molecule has 0 bridgehead atoms. The van der Waals surface area contributed by atoms with E-state index < -0.39 is 5.91 Å². The van der Waals surface area contributed by atoms with Gasteiger partial charge < -0.3 is 11.1 Å². The number of rotatable bonds is 5. The summed E-state index contributed by atoms with van der Waals surface area (Å²) in [6.45, 7) is 5.80. The number of amides is 1. The Bertz CT molecular complexity index is 677. The summed E-state index contributed by atoms with van der Waals surface area (Å²) in [5.74, 6) is 1.26. The third kappa shape index (κ3) is 2.96. The summed E-state index contributed by atoms with van der Waals surface area (Å²) >= 11 is 1.40. The molecule has 0 aromatic carbocycles. The Morgan fingerprint density at radius 2 is 2.41 bits per heavy atom. The molecule has 3 N–H and O–H groups in total. The van der Waals surface area contributed by atoms with Crippen LogP contribution in [0.1, 0.15) is 48.1 Å². The number of nitrogens with one attached hydrogen (secondary N) is 1. The Morgan fingerprint density at radius 1 is 1.59 bits per heavy atom. The molecule has 22 heavy (non-hydrogen) atoms. The summed E-state index contributed by atoms with van der Waals surface area (Å²) in [7, 11) is 0. The molecular formula is C14H20N6OS. The predicted molar refractivity (Wildman–Crippen MR) is 85.0 cm³/mol. The molecule has 3 heterocycles. The van der Waals surface area contributed by atoms with Crippen LogP contribution in [0.2, 0.25) is 0 Å². The average Bonchev–Trinajstić information content (AvgIpc) is 3.11. The Balaban J connectivity index is 1.62. The highest BCUT2D eigenvalue weighted by atomic mass is 32.1. The smallest absolute Gasteiger partial charge is 0.252 e. The van der Waals surface area contributed by atoms with Gasteiger partial charge in [-0.15, -0.1) is 0 Å². The number of aryl methyl sites for hydroxylation is 1. The van der Waals surface area contributed by atoms with E-state index >= 15 is 0 Å². The Kier molecular flexibility index (Phi) is 4.10. The third-order valence-electron chi connectivity index (χ3n) is 3.95. The van der Waals surface area contributed by atoms with Crippen LogP contribution in [0, 0.1) is 5.92 Å². The number of fused-ring (bicyclic) bond motifs is 1. The first-order valence-electron chi connectivity index (χ1n) is 7.46. The third-order valence-corrected chi connectivity index (χ3v) is 4.63. The van der Waals surface area contributed by atoms with Gasteiger partial charge in [-0.3, -0.25) is 9.48 Å². The van der Waals surface area contributed by atoms with Gasteiger partial charge in [-0.1, -0.05) is 13.8 Å². The van der Waals surface area contributed by atoms with Crippen molar-refractivity contribution in [2.75, 3.05) is 11.9 Å². The lowest BCUT2D eigenvalue weighted by Crippen LogP contribution is -2.27. The van der Waals surface area contributed by atoms with Crippen molar-refractivity contribution in [3.05, 3.63) is 23.3 Å². The first kappa shape index (κ1) is 15.0. The standard InChI is InChI=1S/C14H20N6OS/c1-8(2)13-18-14(22-19-13)16-6-9-3-4-20-11(5-9)10(7-17-20)12(15)21/h7-9H,3-6H2,1-2H3,(H2,15,21)(H,16,18,19). The van der Waals surface area contributed by atoms with Gasteiger partial charge in [0.2, 0.25) is 5.13 Å². The first-order chi connectivity index (χ1) is 10.5. The molecular weight excluding hydrogens is 300 g/mol. The molecule has 1 aliphatic heterocycles. The van der Waals surface area contributed by atoms with Gasteiger partial charge in [0.05, 0.1) is 17.5 Å². The van der Waals surface area contributed by atoms with Gasteiger partial charge in [0.1, 0.15) is 5.82 Å². The molecule has 7 nitrogen and oxygen atoms in total. The molecule has 1 unspecified atom stereocenters. The van der Waals surface area contributed by atoms with Crippen molar-refractivity contribution in [1.29, 1.82) is 0 Å². The van der Waals surface area contributed by atoms with E-state index in [2.05, 4.69) is 33.6 Å². The van der Waals surface area contributed by atoms with Crippen molar-refractivity contribution in [3.63, 3.8) is 0 Å². The molecule has 0 radical (unpaired) electrons. The minimum Gasteiger partial charge on any atom is -0.365 e. The molecule has 0 aliphatic carbocycles. The fraction of sp³-hybridized carbons (Fsp3) is 0.571. The number of hydrogen-bond acceptors (Lipinski definition) is 6. The van der Waals surface area contributed by atoms with Crippen LogP contribution in [-0.4, -0.2) is 31.6 Å². The molecule has 3 rings (SSSR count). The van der Waals surface area contributed by atoms with E-state index in [4.69, 9.17) is 5.73 Å². The molecule has 1 amide bonds. The SMILES string of the molecule is CC(C)c1nsc(NCC2CCn3ncc(C(N)=O)c3C2)n1. The van der Waals surface area contributed by atoms with Gasteiger partial charge in [-0.2, -0.15) is 9.47 Å². The molecule has 2 aromatic heterocycles. The highest BCUT2D eigenvalue weighted by Gasteiger charge is 2.24. The van der Waals surface area contributed by atoms with Crippen LogP contribution in [0.15, 0.2) is 6.20 Å². The van der Waals surface area contributed by atoms with Gasteiger partial charge in [0, 0.05) is 30.5 Å². The monoisotopic (exact) mass is 320 g/mol.